The fourth-order valence-corrected chi connectivity index (χ4v) is 3.56. The molecule has 4 aromatic rings. The van der Waals surface area contributed by atoms with Gasteiger partial charge in [-0.05, 0) is 30.3 Å². The number of aryl methyl sites for hydroxylation is 1. The van der Waals surface area contributed by atoms with Crippen molar-refractivity contribution in [2.45, 2.75) is 10.1 Å². The monoisotopic (exact) mass is 367 g/mol. The highest BCUT2D eigenvalue weighted by Gasteiger charge is 2.09. The summed E-state index contributed by atoms with van der Waals surface area (Å²) in [6.45, 7) is 0. The van der Waals surface area contributed by atoms with E-state index in [1.54, 1.807) is 12.5 Å². The maximum Gasteiger partial charge on any atom is 0.172 e. The normalized spacial score (nSPS) is 11.0. The Bertz CT molecular complexity index is 1040. The molecule has 0 fully saturated rings. The molecule has 0 spiro atoms. The zero-order chi connectivity index (χ0) is 17.2. The van der Waals surface area contributed by atoms with Crippen LogP contribution in [0.4, 0.5) is 11.5 Å². The van der Waals surface area contributed by atoms with Gasteiger partial charge in [0, 0.05) is 35.4 Å². The SMILES string of the molecule is Cn1ccnc1Sc1ccc(Nc2ncnc3ccccc23)cc1Cl. The first-order chi connectivity index (χ1) is 12.2. The predicted octanol–water partition coefficient (Wildman–Crippen LogP) is 4.91. The van der Waals surface area contributed by atoms with Gasteiger partial charge >= 0.3 is 0 Å². The maximum absolute atomic E-state index is 6.45. The van der Waals surface area contributed by atoms with Gasteiger partial charge in [0.2, 0.25) is 0 Å². The van der Waals surface area contributed by atoms with Gasteiger partial charge in [0.1, 0.15) is 12.1 Å². The molecule has 4 rings (SSSR count). The number of anilines is 2. The number of benzene rings is 2. The van der Waals surface area contributed by atoms with Crippen LogP contribution >= 0.6 is 23.4 Å². The highest BCUT2D eigenvalue weighted by atomic mass is 35.5. The maximum atomic E-state index is 6.45. The average molecular weight is 368 g/mol. The zero-order valence-electron chi connectivity index (χ0n) is 13.3. The number of aromatic nitrogens is 4. The molecule has 2 heterocycles. The molecule has 0 amide bonds. The summed E-state index contributed by atoms with van der Waals surface area (Å²) in [5, 5.41) is 5.84. The van der Waals surface area contributed by atoms with E-state index in [1.165, 1.54) is 11.8 Å². The van der Waals surface area contributed by atoms with Crippen molar-refractivity contribution in [1.29, 1.82) is 0 Å². The summed E-state index contributed by atoms with van der Waals surface area (Å²) in [7, 11) is 1.96. The van der Waals surface area contributed by atoms with E-state index < -0.39 is 0 Å². The van der Waals surface area contributed by atoms with Crippen molar-refractivity contribution in [3.8, 4) is 0 Å². The fourth-order valence-electron chi connectivity index (χ4n) is 2.45. The molecule has 25 heavy (non-hydrogen) atoms. The summed E-state index contributed by atoms with van der Waals surface area (Å²) in [6.07, 6.45) is 5.23. The molecule has 7 heteroatoms. The molecule has 0 aliphatic rings. The molecule has 2 aromatic heterocycles. The van der Waals surface area contributed by atoms with Crippen molar-refractivity contribution < 1.29 is 0 Å². The first kappa shape index (κ1) is 15.9. The second-order valence-corrected chi connectivity index (χ2v) is 6.85. The minimum Gasteiger partial charge on any atom is -0.340 e. The zero-order valence-corrected chi connectivity index (χ0v) is 14.9. The van der Waals surface area contributed by atoms with Gasteiger partial charge in [-0.25, -0.2) is 15.0 Å². The van der Waals surface area contributed by atoms with E-state index in [0.29, 0.717) is 5.02 Å². The Balaban J connectivity index is 1.61. The smallest absolute Gasteiger partial charge is 0.172 e. The number of nitrogens with one attached hydrogen (secondary N) is 1. The number of halogens is 1. The minimum atomic E-state index is 0.663. The van der Waals surface area contributed by atoms with E-state index in [9.17, 15) is 0 Å². The summed E-state index contributed by atoms with van der Waals surface area (Å²) in [6, 6.07) is 13.7. The van der Waals surface area contributed by atoms with Crippen molar-refractivity contribution in [3.63, 3.8) is 0 Å². The third-order valence-corrected chi connectivity index (χ3v) is 5.29. The van der Waals surface area contributed by atoms with E-state index in [2.05, 4.69) is 20.3 Å². The molecule has 0 atom stereocenters. The van der Waals surface area contributed by atoms with Crippen LogP contribution in [0.15, 0.2) is 71.2 Å². The highest BCUT2D eigenvalue weighted by molar-refractivity contribution is 7.99. The largest absolute Gasteiger partial charge is 0.340 e. The third-order valence-electron chi connectivity index (χ3n) is 3.72. The lowest BCUT2D eigenvalue weighted by Gasteiger charge is -2.10. The number of nitrogens with zero attached hydrogens (tertiary/aromatic N) is 4. The molecular formula is C18H14ClN5S. The van der Waals surface area contributed by atoms with Crippen molar-refractivity contribution in [1.82, 2.24) is 19.5 Å². The molecule has 5 nitrogen and oxygen atoms in total. The van der Waals surface area contributed by atoms with Crippen LogP contribution in [0.5, 0.6) is 0 Å². The lowest BCUT2D eigenvalue weighted by molar-refractivity contribution is 0.790. The summed E-state index contributed by atoms with van der Waals surface area (Å²) in [4.78, 5) is 13.9. The fraction of sp³-hybridized carbons (Fsp3) is 0.0556. The molecule has 0 aliphatic carbocycles. The molecule has 1 N–H and O–H groups in total. The summed E-state index contributed by atoms with van der Waals surface area (Å²) >= 11 is 7.98. The molecule has 2 aromatic carbocycles. The van der Waals surface area contributed by atoms with Crippen LogP contribution in [0.1, 0.15) is 0 Å². The van der Waals surface area contributed by atoms with Crippen molar-refractivity contribution in [2.24, 2.45) is 7.05 Å². The van der Waals surface area contributed by atoms with Crippen LogP contribution in [0, 0.1) is 0 Å². The number of hydrogen-bond donors (Lipinski definition) is 1. The second-order valence-electron chi connectivity index (χ2n) is 5.43. The second kappa shape index (κ2) is 6.74. The molecule has 0 saturated carbocycles. The molecule has 124 valence electrons. The number of rotatable bonds is 4. The predicted molar refractivity (Wildman–Crippen MR) is 102 cm³/mol. The van der Waals surface area contributed by atoms with Crippen LogP contribution in [0.2, 0.25) is 5.02 Å². The lowest BCUT2D eigenvalue weighted by Crippen LogP contribution is -1.96. The molecule has 0 aliphatic heterocycles. The van der Waals surface area contributed by atoms with Crippen LogP contribution in [0.25, 0.3) is 10.9 Å². The Morgan fingerprint density at radius 2 is 1.96 bits per heavy atom. The lowest BCUT2D eigenvalue weighted by atomic mass is 10.2. The van der Waals surface area contributed by atoms with Gasteiger partial charge in [0.25, 0.3) is 0 Å². The first-order valence-electron chi connectivity index (χ1n) is 7.62. The van der Waals surface area contributed by atoms with E-state index in [1.807, 2.05) is 60.3 Å². The Labute approximate surface area is 154 Å². The first-order valence-corrected chi connectivity index (χ1v) is 8.81. The van der Waals surface area contributed by atoms with Crippen molar-refractivity contribution in [3.05, 3.63) is 66.2 Å². The van der Waals surface area contributed by atoms with Crippen LogP contribution in [0.3, 0.4) is 0 Å². The van der Waals surface area contributed by atoms with Gasteiger partial charge in [-0.1, -0.05) is 35.5 Å². The van der Waals surface area contributed by atoms with E-state index in [-0.39, 0.29) is 0 Å². The van der Waals surface area contributed by atoms with Gasteiger partial charge in [0.15, 0.2) is 5.16 Å². The Morgan fingerprint density at radius 1 is 1.08 bits per heavy atom. The quantitative estimate of drug-likeness (QED) is 0.555. The van der Waals surface area contributed by atoms with E-state index in [4.69, 9.17) is 11.6 Å². The molecular weight excluding hydrogens is 354 g/mol. The van der Waals surface area contributed by atoms with Crippen molar-refractivity contribution in [2.75, 3.05) is 5.32 Å². The van der Waals surface area contributed by atoms with Crippen LogP contribution < -0.4 is 5.32 Å². The van der Waals surface area contributed by atoms with Gasteiger partial charge < -0.3 is 9.88 Å². The van der Waals surface area contributed by atoms with E-state index >= 15 is 0 Å². The highest BCUT2D eigenvalue weighted by Crippen LogP contribution is 2.34. The average Bonchev–Trinajstić information content (AvgIpc) is 3.02. The number of hydrogen-bond acceptors (Lipinski definition) is 5. The summed E-state index contributed by atoms with van der Waals surface area (Å²) < 4.78 is 1.96. The Morgan fingerprint density at radius 3 is 2.76 bits per heavy atom. The molecule has 0 radical (unpaired) electrons. The standard InChI is InChI=1S/C18H14ClN5S/c1-24-9-8-20-18(24)25-16-7-6-12(10-14(16)19)23-17-13-4-2-3-5-15(13)21-11-22-17/h2-11H,1H3,(H,21,22,23). The van der Waals surface area contributed by atoms with Gasteiger partial charge in [-0.2, -0.15) is 0 Å². The Kier molecular flexibility index (Phi) is 4.29. The Hall–Kier alpha value is -2.57. The summed E-state index contributed by atoms with van der Waals surface area (Å²) in [5.41, 5.74) is 1.77. The number of imidazole rings is 1. The molecule has 0 saturated heterocycles. The van der Waals surface area contributed by atoms with E-state index in [0.717, 1.165) is 32.5 Å². The van der Waals surface area contributed by atoms with Gasteiger partial charge in [-0.3, -0.25) is 0 Å². The topological polar surface area (TPSA) is 55.6 Å². The number of para-hydroxylation sites is 1. The molecule has 0 bridgehead atoms. The summed E-state index contributed by atoms with van der Waals surface area (Å²) in [5.74, 6) is 0.756. The van der Waals surface area contributed by atoms with Gasteiger partial charge in [-0.15, -0.1) is 0 Å². The molecule has 0 unspecified atom stereocenters. The number of fused-ring (bicyclic) bond motifs is 1. The minimum absolute atomic E-state index is 0.663. The van der Waals surface area contributed by atoms with Crippen LogP contribution in [-0.2, 0) is 7.05 Å². The third kappa shape index (κ3) is 3.31. The van der Waals surface area contributed by atoms with Gasteiger partial charge in [0.05, 0.1) is 10.5 Å². The van der Waals surface area contributed by atoms with Crippen molar-refractivity contribution >= 4 is 45.8 Å². The van der Waals surface area contributed by atoms with Crippen LogP contribution in [-0.4, -0.2) is 19.5 Å².